The number of carbonyl (C=O) groups excluding carboxylic acids is 1. The molecular formula is C66H47ClN4O4. The van der Waals surface area contributed by atoms with Crippen LogP contribution in [0.3, 0.4) is 0 Å². The summed E-state index contributed by atoms with van der Waals surface area (Å²) in [5.74, 6) is 0.112. The van der Waals surface area contributed by atoms with Crippen LogP contribution in [0.1, 0.15) is 44.0 Å². The number of hydrogen-bond donors (Lipinski definition) is 3. The minimum atomic E-state index is -0.256. The normalized spacial score (nSPS) is 11.4. The average Bonchev–Trinajstić information content (AvgIpc) is 3.46. The molecule has 0 spiro atoms. The van der Waals surface area contributed by atoms with Crippen molar-refractivity contribution >= 4 is 62.0 Å². The third-order valence-electron chi connectivity index (χ3n) is 13.9. The third-order valence-corrected chi connectivity index (χ3v) is 14.2. The molecule has 0 unspecified atom stereocenters. The van der Waals surface area contributed by atoms with Gasteiger partial charge in [-0.15, -0.1) is 0 Å². The second-order valence-corrected chi connectivity index (χ2v) is 19.1. The zero-order valence-corrected chi connectivity index (χ0v) is 41.3. The summed E-state index contributed by atoms with van der Waals surface area (Å²) < 4.78 is 7.05. The van der Waals surface area contributed by atoms with Crippen molar-refractivity contribution in [3.8, 4) is 50.5 Å². The van der Waals surface area contributed by atoms with Crippen LogP contribution in [-0.2, 0) is 25.9 Å². The third kappa shape index (κ3) is 9.35. The van der Waals surface area contributed by atoms with Crippen LogP contribution >= 0.6 is 11.6 Å². The van der Waals surface area contributed by atoms with Gasteiger partial charge in [-0.3, -0.25) is 19.6 Å². The molecule has 0 bridgehead atoms. The molecule has 1 aliphatic carbocycles. The number of phenols is 1. The number of carbonyl (C=O) groups is 1. The number of hydrogen-bond acceptors (Lipinski definition) is 8. The van der Waals surface area contributed by atoms with E-state index < -0.39 is 0 Å². The van der Waals surface area contributed by atoms with Crippen molar-refractivity contribution in [3.63, 3.8) is 0 Å². The van der Waals surface area contributed by atoms with Crippen LogP contribution < -0.4 is 16.1 Å². The largest absolute Gasteiger partial charge is 0.506 e. The SMILES string of the molecule is O=Cc1ccccc1-c1c2ccc(=O)c(CNc3cc(-c4ccccc4)cc4ccc(Cc5ccccc5)nc34)c-2oc2c(CNc3cc(-c4ccccc4)cc4ccc(Cc5ccccc5)nc34)c(O)c(Cl)cc12. The molecule has 0 fully saturated rings. The standard InChI is InChI=1S/C66H47ClN4O4/c67-57-37-54-61(52-24-14-13-23-47(52)40-72)53-29-30-60(73)55(38-68-58-35-48(43-19-9-3-10-20-43)33-45-25-27-50(70-62(45)58)31-41-15-5-1-6-16-41)65(53)75-66(54)56(64(57)74)39-69-59-36-49(44-21-11-4-12-22-44)34-46-26-28-51(71-63(46)59)32-42-17-7-2-8-18-42/h1-30,33-37,40,68-69,74H,31-32,38-39H2. The van der Waals surface area contributed by atoms with Crippen LogP contribution in [0.2, 0.25) is 5.02 Å². The lowest BCUT2D eigenvalue weighted by atomic mass is 9.88. The van der Waals surface area contributed by atoms with Gasteiger partial charge < -0.3 is 20.2 Å². The lowest BCUT2D eigenvalue weighted by molar-refractivity contribution is 0.112. The molecule has 0 radical (unpaired) electrons. The second kappa shape index (κ2) is 20.3. The van der Waals surface area contributed by atoms with E-state index in [0.29, 0.717) is 63.0 Å². The Balaban J connectivity index is 1.01. The molecule has 2 aliphatic rings. The van der Waals surface area contributed by atoms with Crippen molar-refractivity contribution in [3.05, 3.63) is 267 Å². The van der Waals surface area contributed by atoms with E-state index in [1.165, 1.54) is 6.07 Å². The number of rotatable bonds is 14. The average molecular weight is 996 g/mol. The quantitative estimate of drug-likeness (QED) is 0.0728. The van der Waals surface area contributed by atoms with Gasteiger partial charge in [-0.05, 0) is 93.5 Å². The van der Waals surface area contributed by atoms with Gasteiger partial charge in [-0.2, -0.15) is 0 Å². The predicted molar refractivity (Wildman–Crippen MR) is 304 cm³/mol. The Morgan fingerprint density at radius 3 is 1.57 bits per heavy atom. The summed E-state index contributed by atoms with van der Waals surface area (Å²) in [5, 5.41) is 21.9. The van der Waals surface area contributed by atoms with Crippen LogP contribution in [0.4, 0.5) is 11.4 Å². The molecule has 75 heavy (non-hydrogen) atoms. The molecule has 8 nitrogen and oxygen atoms in total. The van der Waals surface area contributed by atoms with Gasteiger partial charge in [0.05, 0.1) is 38.6 Å². The van der Waals surface area contributed by atoms with Crippen LogP contribution in [-0.4, -0.2) is 21.4 Å². The first kappa shape index (κ1) is 46.7. The number of fused-ring (bicyclic) bond motifs is 4. The topological polar surface area (TPSA) is 117 Å². The van der Waals surface area contributed by atoms with Crippen molar-refractivity contribution in [1.82, 2.24) is 9.97 Å². The minimum Gasteiger partial charge on any atom is -0.506 e. The van der Waals surface area contributed by atoms with Crippen LogP contribution in [0.15, 0.2) is 222 Å². The van der Waals surface area contributed by atoms with Crippen LogP contribution in [0, 0.1) is 0 Å². The van der Waals surface area contributed by atoms with E-state index in [1.807, 2.05) is 91.0 Å². The number of pyridine rings is 2. The number of anilines is 2. The molecule has 3 N–H and O–H groups in total. The maximum atomic E-state index is 14.4. The molecule has 0 amide bonds. The lowest BCUT2D eigenvalue weighted by Crippen LogP contribution is -2.15. The van der Waals surface area contributed by atoms with Gasteiger partial charge in [0.2, 0.25) is 0 Å². The van der Waals surface area contributed by atoms with E-state index in [1.54, 1.807) is 18.2 Å². The molecule has 0 atom stereocenters. The minimum absolute atomic E-state index is 0.0461. The highest BCUT2D eigenvalue weighted by Gasteiger charge is 2.27. The van der Waals surface area contributed by atoms with E-state index >= 15 is 0 Å². The van der Waals surface area contributed by atoms with E-state index in [2.05, 4.69) is 108 Å². The van der Waals surface area contributed by atoms with Gasteiger partial charge in [-0.25, -0.2) is 0 Å². The van der Waals surface area contributed by atoms with E-state index in [0.717, 1.165) is 84.2 Å². The Morgan fingerprint density at radius 2 is 1.03 bits per heavy atom. The number of halogens is 1. The lowest BCUT2D eigenvalue weighted by Gasteiger charge is -2.22. The molecule has 0 saturated heterocycles. The van der Waals surface area contributed by atoms with E-state index in [-0.39, 0.29) is 29.3 Å². The van der Waals surface area contributed by atoms with Crippen molar-refractivity contribution in [1.29, 1.82) is 0 Å². The Kier molecular flexibility index (Phi) is 12.6. The van der Waals surface area contributed by atoms with Crippen molar-refractivity contribution < 1.29 is 14.3 Å². The number of benzene rings is 9. The molecule has 8 aromatic carbocycles. The Bertz CT molecular complexity index is 4130. The maximum absolute atomic E-state index is 14.4. The summed E-state index contributed by atoms with van der Waals surface area (Å²) in [5.41, 5.74) is 14.1. The van der Waals surface area contributed by atoms with Crippen LogP contribution in [0.25, 0.3) is 77.5 Å². The first-order valence-corrected chi connectivity index (χ1v) is 25.2. The van der Waals surface area contributed by atoms with Crippen molar-refractivity contribution in [2.45, 2.75) is 25.9 Å². The Morgan fingerprint density at radius 1 is 0.520 bits per heavy atom. The molecular weight excluding hydrogens is 948 g/mol. The Hall–Kier alpha value is -9.37. The molecule has 1 aliphatic heterocycles. The first-order valence-electron chi connectivity index (χ1n) is 24.9. The van der Waals surface area contributed by atoms with Gasteiger partial charge in [-0.1, -0.05) is 169 Å². The smallest absolute Gasteiger partial charge is 0.187 e. The molecule has 12 rings (SSSR count). The number of aromatic hydroxyl groups is 1. The molecule has 3 heterocycles. The number of aromatic nitrogens is 2. The van der Waals surface area contributed by atoms with Gasteiger partial charge >= 0.3 is 0 Å². The zero-order chi connectivity index (χ0) is 50.8. The summed E-state index contributed by atoms with van der Waals surface area (Å²) in [7, 11) is 0. The van der Waals surface area contributed by atoms with Gasteiger partial charge in [0.15, 0.2) is 11.7 Å². The zero-order valence-electron chi connectivity index (χ0n) is 40.6. The number of nitrogens with one attached hydrogen (secondary N) is 2. The highest BCUT2D eigenvalue weighted by atomic mass is 35.5. The number of phenolic OH excluding ortho intramolecular Hbond substituents is 1. The molecule has 362 valence electrons. The predicted octanol–water partition coefficient (Wildman–Crippen LogP) is 15.6. The fraction of sp³-hybridized carbons (Fsp3) is 0.0606. The molecule has 9 heteroatoms. The number of aldehydes is 1. The van der Waals surface area contributed by atoms with E-state index in [4.69, 9.17) is 26.0 Å². The summed E-state index contributed by atoms with van der Waals surface area (Å²) in [4.78, 5) is 37.7. The van der Waals surface area contributed by atoms with Crippen LogP contribution in [0.5, 0.6) is 5.75 Å². The summed E-state index contributed by atoms with van der Waals surface area (Å²) >= 11 is 7.02. The van der Waals surface area contributed by atoms with Gasteiger partial charge in [0, 0.05) is 70.2 Å². The molecule has 10 aromatic rings. The maximum Gasteiger partial charge on any atom is 0.187 e. The van der Waals surface area contributed by atoms with E-state index in [9.17, 15) is 14.7 Å². The summed E-state index contributed by atoms with van der Waals surface area (Å²) in [6.45, 7) is 0.102. The second-order valence-electron chi connectivity index (χ2n) is 18.7. The summed E-state index contributed by atoms with van der Waals surface area (Å²) in [6, 6.07) is 69.8. The summed E-state index contributed by atoms with van der Waals surface area (Å²) in [6.07, 6.45) is 2.11. The molecule has 2 aromatic heterocycles. The van der Waals surface area contributed by atoms with Crippen molar-refractivity contribution in [2.75, 3.05) is 10.6 Å². The number of nitrogens with zero attached hydrogens (tertiary/aromatic N) is 2. The fourth-order valence-corrected chi connectivity index (χ4v) is 10.4. The molecule has 0 saturated carbocycles. The first-order chi connectivity index (χ1) is 36.8. The van der Waals surface area contributed by atoms with Crippen molar-refractivity contribution in [2.24, 2.45) is 0 Å². The Labute approximate surface area is 438 Å². The van der Waals surface area contributed by atoms with Gasteiger partial charge in [0.1, 0.15) is 17.1 Å². The highest BCUT2D eigenvalue weighted by molar-refractivity contribution is 6.33. The fourth-order valence-electron chi connectivity index (χ4n) is 10.2. The van der Waals surface area contributed by atoms with Gasteiger partial charge in [0.25, 0.3) is 0 Å². The highest BCUT2D eigenvalue weighted by Crippen LogP contribution is 2.47. The monoisotopic (exact) mass is 994 g/mol.